The molecule has 0 aliphatic heterocycles. The molecule has 0 aliphatic rings. The number of carbonyl (C=O) groups excluding carboxylic acids is 2. The largest absolute Gasteiger partial charge is 0.465 e. The van der Waals surface area contributed by atoms with Crippen molar-refractivity contribution in [3.8, 4) is 0 Å². The van der Waals surface area contributed by atoms with Crippen molar-refractivity contribution >= 4 is 41.1 Å². The zero-order valence-electron chi connectivity index (χ0n) is 14.3. The van der Waals surface area contributed by atoms with Crippen molar-refractivity contribution in [2.45, 2.75) is 20.8 Å². The van der Waals surface area contributed by atoms with Crippen molar-refractivity contribution in [1.82, 2.24) is 0 Å². The molecule has 1 aromatic carbocycles. The summed E-state index contributed by atoms with van der Waals surface area (Å²) in [5.74, 6) is -0.370. The van der Waals surface area contributed by atoms with Gasteiger partial charge in [0.25, 0.3) is 0 Å². The average molecular weight is 343 g/mol. The third-order valence-corrected chi connectivity index (χ3v) is 4.26. The van der Waals surface area contributed by atoms with E-state index in [1.165, 1.54) is 18.4 Å². The SMILES string of the molecule is COC(=O)c1sccc1/C=C/c1cccc(NC(=O)C(C)(C)C)c1. The lowest BCUT2D eigenvalue weighted by molar-refractivity contribution is -0.123. The van der Waals surface area contributed by atoms with E-state index in [1.807, 2.05) is 68.6 Å². The van der Waals surface area contributed by atoms with Crippen LogP contribution in [0.3, 0.4) is 0 Å². The number of hydrogen-bond donors (Lipinski definition) is 1. The van der Waals surface area contributed by atoms with E-state index in [9.17, 15) is 9.59 Å². The van der Waals surface area contributed by atoms with Crippen molar-refractivity contribution < 1.29 is 14.3 Å². The third-order valence-electron chi connectivity index (χ3n) is 3.35. The first-order chi connectivity index (χ1) is 11.3. The van der Waals surface area contributed by atoms with Gasteiger partial charge in [-0.05, 0) is 34.7 Å². The van der Waals surface area contributed by atoms with Crippen molar-refractivity contribution in [2.24, 2.45) is 5.41 Å². The van der Waals surface area contributed by atoms with Gasteiger partial charge < -0.3 is 10.1 Å². The van der Waals surface area contributed by atoms with Crippen molar-refractivity contribution in [3.63, 3.8) is 0 Å². The van der Waals surface area contributed by atoms with E-state index < -0.39 is 5.41 Å². The minimum absolute atomic E-state index is 0.0329. The van der Waals surface area contributed by atoms with E-state index in [1.54, 1.807) is 0 Å². The number of methoxy groups -OCH3 is 1. The fourth-order valence-electron chi connectivity index (χ4n) is 1.93. The summed E-state index contributed by atoms with van der Waals surface area (Å²) >= 11 is 1.35. The first kappa shape index (κ1) is 17.9. The summed E-state index contributed by atoms with van der Waals surface area (Å²) in [5.41, 5.74) is 2.05. The number of rotatable bonds is 4. The second-order valence-corrected chi connectivity index (χ2v) is 7.28. The summed E-state index contributed by atoms with van der Waals surface area (Å²) in [7, 11) is 1.37. The van der Waals surface area contributed by atoms with Crippen LogP contribution < -0.4 is 5.32 Å². The van der Waals surface area contributed by atoms with Crippen LogP contribution in [-0.4, -0.2) is 19.0 Å². The lowest BCUT2D eigenvalue weighted by Crippen LogP contribution is -2.27. The van der Waals surface area contributed by atoms with Gasteiger partial charge in [0, 0.05) is 11.1 Å². The molecule has 0 aliphatic carbocycles. The number of carbonyl (C=O) groups is 2. The molecule has 0 fully saturated rings. The minimum atomic E-state index is -0.446. The second kappa shape index (κ2) is 7.45. The number of amides is 1. The highest BCUT2D eigenvalue weighted by atomic mass is 32.1. The molecular weight excluding hydrogens is 322 g/mol. The maximum atomic E-state index is 12.1. The Labute approximate surface area is 146 Å². The molecule has 0 atom stereocenters. The molecule has 4 nitrogen and oxygen atoms in total. The smallest absolute Gasteiger partial charge is 0.348 e. The molecule has 1 aromatic heterocycles. The molecule has 1 heterocycles. The number of ether oxygens (including phenoxy) is 1. The minimum Gasteiger partial charge on any atom is -0.465 e. The van der Waals surface area contributed by atoms with Gasteiger partial charge in [0.05, 0.1) is 7.11 Å². The zero-order chi connectivity index (χ0) is 17.7. The fraction of sp³-hybridized carbons (Fsp3) is 0.263. The summed E-state index contributed by atoms with van der Waals surface area (Å²) < 4.78 is 4.77. The number of nitrogens with one attached hydrogen (secondary N) is 1. The maximum Gasteiger partial charge on any atom is 0.348 e. The predicted octanol–water partition coefficient (Wildman–Crippen LogP) is 4.69. The van der Waals surface area contributed by atoms with Crippen molar-refractivity contribution in [3.05, 3.63) is 51.7 Å². The molecule has 24 heavy (non-hydrogen) atoms. The van der Waals surface area contributed by atoms with Crippen LogP contribution in [0.2, 0.25) is 0 Å². The van der Waals surface area contributed by atoms with Crippen LogP contribution in [0.1, 0.15) is 41.6 Å². The molecule has 1 N–H and O–H groups in total. The van der Waals surface area contributed by atoms with Gasteiger partial charge in [-0.15, -0.1) is 11.3 Å². The van der Waals surface area contributed by atoms with Crippen LogP contribution in [-0.2, 0) is 9.53 Å². The first-order valence-electron chi connectivity index (χ1n) is 7.56. The standard InChI is InChI=1S/C19H21NO3S/c1-19(2,3)18(22)20-15-7-5-6-13(12-15)8-9-14-10-11-24-16(14)17(21)23-4/h5-12H,1-4H3,(H,20,22)/b9-8+. The molecular formula is C19H21NO3S. The van der Waals surface area contributed by atoms with Crippen molar-refractivity contribution in [2.75, 3.05) is 12.4 Å². The van der Waals surface area contributed by atoms with E-state index in [0.717, 1.165) is 16.8 Å². The van der Waals surface area contributed by atoms with E-state index in [2.05, 4.69) is 5.32 Å². The van der Waals surface area contributed by atoms with Crippen LogP contribution in [0.5, 0.6) is 0 Å². The molecule has 2 rings (SSSR count). The quantitative estimate of drug-likeness (QED) is 0.819. The van der Waals surface area contributed by atoms with Gasteiger partial charge in [-0.3, -0.25) is 4.79 Å². The van der Waals surface area contributed by atoms with E-state index >= 15 is 0 Å². The Morgan fingerprint density at radius 1 is 1.17 bits per heavy atom. The molecule has 0 saturated carbocycles. The Morgan fingerprint density at radius 2 is 1.92 bits per heavy atom. The molecule has 1 amide bonds. The van der Waals surface area contributed by atoms with Gasteiger partial charge in [0.1, 0.15) is 4.88 Å². The van der Waals surface area contributed by atoms with Gasteiger partial charge in [0.15, 0.2) is 0 Å². The highest BCUT2D eigenvalue weighted by Gasteiger charge is 2.21. The number of thiophene rings is 1. The first-order valence-corrected chi connectivity index (χ1v) is 8.44. The number of benzene rings is 1. The Morgan fingerprint density at radius 3 is 2.58 bits per heavy atom. The molecule has 5 heteroatoms. The van der Waals surface area contributed by atoms with E-state index in [-0.39, 0.29) is 11.9 Å². The second-order valence-electron chi connectivity index (χ2n) is 6.36. The maximum absolute atomic E-state index is 12.1. The molecule has 0 saturated heterocycles. The topological polar surface area (TPSA) is 55.4 Å². The highest BCUT2D eigenvalue weighted by molar-refractivity contribution is 7.12. The summed E-state index contributed by atoms with van der Waals surface area (Å²) in [4.78, 5) is 24.3. The fourth-order valence-corrected chi connectivity index (χ4v) is 2.74. The highest BCUT2D eigenvalue weighted by Crippen LogP contribution is 2.22. The Hall–Kier alpha value is -2.40. The van der Waals surface area contributed by atoms with Gasteiger partial charge in [0.2, 0.25) is 5.91 Å². The van der Waals surface area contributed by atoms with Crippen LogP contribution >= 0.6 is 11.3 Å². The van der Waals surface area contributed by atoms with E-state index in [0.29, 0.717) is 4.88 Å². The lowest BCUT2D eigenvalue weighted by Gasteiger charge is -2.17. The molecule has 0 bridgehead atoms. The summed E-state index contributed by atoms with van der Waals surface area (Å²) in [6.45, 7) is 5.62. The number of hydrogen-bond acceptors (Lipinski definition) is 4. The molecule has 2 aromatic rings. The van der Waals surface area contributed by atoms with Gasteiger partial charge >= 0.3 is 5.97 Å². The van der Waals surface area contributed by atoms with Crippen LogP contribution in [0, 0.1) is 5.41 Å². The predicted molar refractivity (Wildman–Crippen MR) is 99.1 cm³/mol. The normalized spacial score (nSPS) is 11.5. The lowest BCUT2D eigenvalue weighted by atomic mass is 9.95. The summed E-state index contributed by atoms with van der Waals surface area (Å²) in [5, 5.41) is 4.76. The Bertz CT molecular complexity index is 769. The molecule has 0 radical (unpaired) electrons. The van der Waals surface area contributed by atoms with Gasteiger partial charge in [-0.1, -0.05) is 45.1 Å². The Balaban J connectivity index is 2.17. The Kier molecular flexibility index (Phi) is 5.57. The molecule has 0 spiro atoms. The summed E-state index contributed by atoms with van der Waals surface area (Å²) in [6.07, 6.45) is 3.77. The summed E-state index contributed by atoms with van der Waals surface area (Å²) in [6, 6.07) is 9.44. The van der Waals surface area contributed by atoms with Crippen LogP contribution in [0.15, 0.2) is 35.7 Å². The molecule has 126 valence electrons. The van der Waals surface area contributed by atoms with E-state index in [4.69, 9.17) is 4.74 Å². The molecule has 0 unspecified atom stereocenters. The van der Waals surface area contributed by atoms with Crippen LogP contribution in [0.4, 0.5) is 5.69 Å². The average Bonchev–Trinajstić information content (AvgIpc) is 3.00. The van der Waals surface area contributed by atoms with Gasteiger partial charge in [-0.25, -0.2) is 4.79 Å². The van der Waals surface area contributed by atoms with Crippen molar-refractivity contribution in [1.29, 1.82) is 0 Å². The third kappa shape index (κ3) is 4.55. The monoisotopic (exact) mass is 343 g/mol. The van der Waals surface area contributed by atoms with Gasteiger partial charge in [-0.2, -0.15) is 0 Å². The number of anilines is 1. The zero-order valence-corrected chi connectivity index (χ0v) is 15.1. The van der Waals surface area contributed by atoms with Crippen LogP contribution in [0.25, 0.3) is 12.2 Å². The number of esters is 1.